The Morgan fingerprint density at radius 1 is 1.36 bits per heavy atom. The van der Waals surface area contributed by atoms with Gasteiger partial charge in [0.1, 0.15) is 22.3 Å². The summed E-state index contributed by atoms with van der Waals surface area (Å²) in [6, 6.07) is 0. The molecule has 0 unspecified atom stereocenters. The van der Waals surface area contributed by atoms with Crippen LogP contribution in [0.5, 0.6) is 0 Å². The van der Waals surface area contributed by atoms with Crippen LogP contribution in [0.2, 0.25) is 0 Å². The molecule has 1 heterocycles. The maximum absolute atomic E-state index is 10.2. The number of thiol groups is 1. The van der Waals surface area contributed by atoms with Crippen molar-refractivity contribution in [1.29, 1.82) is 0 Å². The number of hydrogen-bond donors (Lipinski definition) is 1. The molecule has 0 radical (unpaired) electrons. The highest BCUT2D eigenvalue weighted by Crippen LogP contribution is 1.93. The minimum absolute atomic E-state index is 0.0738. The fraction of sp³-hybridized carbons (Fsp3) is 0.333. The Labute approximate surface area is 66.3 Å². The molecule has 0 amide bonds. The molecule has 0 saturated carbocycles. The van der Waals surface area contributed by atoms with Crippen LogP contribution in [-0.2, 0) is 16.5 Å². The lowest BCUT2D eigenvalue weighted by Crippen LogP contribution is -1.95. The van der Waals surface area contributed by atoms with E-state index in [0.717, 1.165) is 5.56 Å². The molecule has 1 aromatic rings. The summed E-state index contributed by atoms with van der Waals surface area (Å²) in [5.74, 6) is 0.280. The molecule has 0 aliphatic heterocycles. The molecule has 0 bridgehead atoms. The summed E-state index contributed by atoms with van der Waals surface area (Å²) in [5, 5.41) is 0. The Morgan fingerprint density at radius 3 is 2.36 bits per heavy atom. The van der Waals surface area contributed by atoms with E-state index in [1.807, 2.05) is 6.92 Å². The zero-order chi connectivity index (χ0) is 8.27. The van der Waals surface area contributed by atoms with Crippen LogP contribution in [0.3, 0.4) is 0 Å². The molecule has 0 fully saturated rings. The second-order valence-corrected chi connectivity index (χ2v) is 3.15. The van der Waals surface area contributed by atoms with Gasteiger partial charge < -0.3 is 0 Å². The van der Waals surface area contributed by atoms with Gasteiger partial charge in [-0.1, -0.05) is 0 Å². The molecule has 0 aliphatic rings. The number of nitrogens with zero attached hydrogens (tertiary/aromatic N) is 2. The van der Waals surface area contributed by atoms with Crippen LogP contribution in [0.25, 0.3) is 0 Å². The van der Waals surface area contributed by atoms with Gasteiger partial charge in [-0.05, 0) is 12.5 Å². The van der Waals surface area contributed by atoms with Gasteiger partial charge in [0.2, 0.25) is 0 Å². The third kappa shape index (κ3) is 2.63. The summed E-state index contributed by atoms with van der Waals surface area (Å²) in [4.78, 5) is 7.65. The lowest BCUT2D eigenvalue weighted by molar-refractivity contribution is 0.612. The molecular weight excluding hydrogens is 164 g/mol. The standard InChI is InChI=1S/C6H8N2O2S/c1-5-2-7-6(8-3-5)4-11(9)10/h2-3,11H,4H2,1H3. The van der Waals surface area contributed by atoms with E-state index in [9.17, 15) is 8.42 Å². The van der Waals surface area contributed by atoms with E-state index in [4.69, 9.17) is 0 Å². The lowest BCUT2D eigenvalue weighted by atomic mass is 10.4. The lowest BCUT2D eigenvalue weighted by Gasteiger charge is -1.92. The molecule has 60 valence electrons. The summed E-state index contributed by atoms with van der Waals surface area (Å²) in [7, 11) is -2.41. The first-order valence-corrected chi connectivity index (χ1v) is 4.44. The molecule has 4 nitrogen and oxygen atoms in total. The van der Waals surface area contributed by atoms with Gasteiger partial charge in [0, 0.05) is 12.4 Å². The van der Waals surface area contributed by atoms with Gasteiger partial charge in [-0.3, -0.25) is 0 Å². The van der Waals surface area contributed by atoms with Crippen molar-refractivity contribution in [2.75, 3.05) is 0 Å². The highest BCUT2D eigenvalue weighted by atomic mass is 32.2. The molecule has 5 heteroatoms. The Bertz CT molecular complexity index is 297. The normalized spacial score (nSPS) is 10.4. The number of hydrogen-bond acceptors (Lipinski definition) is 4. The van der Waals surface area contributed by atoms with Crippen LogP contribution < -0.4 is 0 Å². The zero-order valence-corrected chi connectivity index (χ0v) is 6.91. The summed E-state index contributed by atoms with van der Waals surface area (Å²) in [6.07, 6.45) is 3.20. The Hall–Kier alpha value is -0.970. The van der Waals surface area contributed by atoms with Crippen molar-refractivity contribution in [1.82, 2.24) is 9.97 Å². The van der Waals surface area contributed by atoms with Crippen molar-refractivity contribution in [3.8, 4) is 0 Å². The van der Waals surface area contributed by atoms with Gasteiger partial charge in [0.05, 0.1) is 0 Å². The van der Waals surface area contributed by atoms with Gasteiger partial charge in [0.25, 0.3) is 0 Å². The molecule has 11 heavy (non-hydrogen) atoms. The first kappa shape index (κ1) is 8.13. The largest absolute Gasteiger partial charge is 0.240 e. The van der Waals surface area contributed by atoms with Gasteiger partial charge in [-0.15, -0.1) is 0 Å². The van der Waals surface area contributed by atoms with E-state index in [0.29, 0.717) is 5.82 Å². The summed E-state index contributed by atoms with van der Waals surface area (Å²) in [6.45, 7) is 1.85. The first-order valence-electron chi connectivity index (χ1n) is 3.08. The zero-order valence-electron chi connectivity index (χ0n) is 6.02. The van der Waals surface area contributed by atoms with E-state index in [1.165, 1.54) is 0 Å². The molecule has 0 saturated heterocycles. The molecule has 0 N–H and O–H groups in total. The number of aromatic nitrogens is 2. The third-order valence-corrected chi connectivity index (χ3v) is 1.65. The number of rotatable bonds is 2. The maximum Gasteiger partial charge on any atom is 0.147 e. The van der Waals surface area contributed by atoms with Crippen LogP contribution in [0, 0.1) is 6.92 Å². The quantitative estimate of drug-likeness (QED) is 0.633. The van der Waals surface area contributed by atoms with Crippen molar-refractivity contribution in [2.24, 2.45) is 0 Å². The van der Waals surface area contributed by atoms with Gasteiger partial charge in [-0.2, -0.15) is 0 Å². The topological polar surface area (TPSA) is 59.9 Å². The minimum atomic E-state index is -2.41. The Kier molecular flexibility index (Phi) is 2.53. The highest BCUT2D eigenvalue weighted by Gasteiger charge is 1.95. The molecule has 0 aromatic carbocycles. The average Bonchev–Trinajstić information content (AvgIpc) is 1.93. The minimum Gasteiger partial charge on any atom is -0.240 e. The maximum atomic E-state index is 10.2. The molecule has 0 atom stereocenters. The van der Waals surface area contributed by atoms with Crippen LogP contribution >= 0.6 is 0 Å². The fourth-order valence-corrected chi connectivity index (χ4v) is 1.01. The van der Waals surface area contributed by atoms with Crippen LogP contribution in [0.1, 0.15) is 11.4 Å². The second-order valence-electron chi connectivity index (χ2n) is 2.17. The smallest absolute Gasteiger partial charge is 0.147 e. The van der Waals surface area contributed by atoms with Crippen LogP contribution in [0.15, 0.2) is 12.4 Å². The highest BCUT2D eigenvalue weighted by molar-refractivity contribution is 7.71. The van der Waals surface area contributed by atoms with Crippen molar-refractivity contribution in [3.05, 3.63) is 23.8 Å². The average molecular weight is 172 g/mol. The van der Waals surface area contributed by atoms with Gasteiger partial charge in [0.15, 0.2) is 0 Å². The van der Waals surface area contributed by atoms with Crippen molar-refractivity contribution in [3.63, 3.8) is 0 Å². The molecule has 1 rings (SSSR count). The Morgan fingerprint density at radius 2 is 1.91 bits per heavy atom. The van der Waals surface area contributed by atoms with Gasteiger partial charge in [-0.25, -0.2) is 18.4 Å². The first-order chi connectivity index (χ1) is 5.18. The van der Waals surface area contributed by atoms with E-state index < -0.39 is 10.7 Å². The number of aryl methyl sites for hydroxylation is 1. The predicted molar refractivity (Wildman–Crippen MR) is 40.8 cm³/mol. The Balaban J connectivity index is 2.82. The summed E-state index contributed by atoms with van der Waals surface area (Å²) < 4.78 is 20.4. The summed E-state index contributed by atoms with van der Waals surface area (Å²) >= 11 is 0. The van der Waals surface area contributed by atoms with Gasteiger partial charge >= 0.3 is 0 Å². The molecule has 0 aliphatic carbocycles. The third-order valence-electron chi connectivity index (χ3n) is 1.10. The molecule has 0 spiro atoms. The van der Waals surface area contributed by atoms with Crippen molar-refractivity contribution < 1.29 is 8.42 Å². The van der Waals surface area contributed by atoms with E-state index in [-0.39, 0.29) is 5.75 Å². The summed E-state index contributed by atoms with van der Waals surface area (Å²) in [5.41, 5.74) is 0.926. The van der Waals surface area contributed by atoms with E-state index in [2.05, 4.69) is 9.97 Å². The van der Waals surface area contributed by atoms with E-state index >= 15 is 0 Å². The SMILES string of the molecule is Cc1cnc(C[SH](=O)=O)nc1. The second kappa shape index (κ2) is 3.43. The predicted octanol–water partition coefficient (Wildman–Crippen LogP) is -0.104. The molecule has 1 aromatic heterocycles. The van der Waals surface area contributed by atoms with E-state index in [1.54, 1.807) is 12.4 Å². The van der Waals surface area contributed by atoms with Crippen molar-refractivity contribution >= 4 is 10.7 Å². The van der Waals surface area contributed by atoms with Crippen molar-refractivity contribution in [2.45, 2.75) is 12.7 Å². The van der Waals surface area contributed by atoms with Crippen LogP contribution in [0.4, 0.5) is 0 Å². The molecular formula is C6H8N2O2S. The van der Waals surface area contributed by atoms with Crippen LogP contribution in [-0.4, -0.2) is 18.4 Å². The fourth-order valence-electron chi connectivity index (χ4n) is 0.616. The monoisotopic (exact) mass is 172 g/mol.